The van der Waals surface area contributed by atoms with Crippen LogP contribution in [0.3, 0.4) is 0 Å². The van der Waals surface area contributed by atoms with Gasteiger partial charge in [0.1, 0.15) is 22.4 Å². The van der Waals surface area contributed by atoms with E-state index in [1.165, 1.54) is 12.3 Å². The topological polar surface area (TPSA) is 105 Å². The summed E-state index contributed by atoms with van der Waals surface area (Å²) in [7, 11) is 3.99. The number of hydrogen-bond acceptors (Lipinski definition) is 7. The lowest BCUT2D eigenvalue weighted by molar-refractivity contribution is 0.0508. The quantitative estimate of drug-likeness (QED) is 0.217. The number of benzene rings is 3. The van der Waals surface area contributed by atoms with Crippen molar-refractivity contribution in [2.45, 2.75) is 51.7 Å². The molecule has 0 spiro atoms. The molecule has 46 heavy (non-hydrogen) atoms. The molecule has 0 bridgehead atoms. The average Bonchev–Trinajstić information content (AvgIpc) is 3.43. The lowest BCUT2D eigenvalue weighted by atomic mass is 10.0. The predicted octanol–water partition coefficient (Wildman–Crippen LogP) is 5.56. The Hall–Kier alpha value is -4.64. The number of hydrogen-bond donors (Lipinski definition) is 2. The number of fused-ring (bicyclic) bond motifs is 3. The highest BCUT2D eigenvalue weighted by atomic mass is 19.1. The van der Waals surface area contributed by atoms with Crippen molar-refractivity contribution in [3.05, 3.63) is 70.3 Å². The second kappa shape index (κ2) is 12.3. The van der Waals surface area contributed by atoms with Crippen molar-refractivity contribution in [2.75, 3.05) is 45.2 Å². The zero-order valence-corrected chi connectivity index (χ0v) is 26.9. The van der Waals surface area contributed by atoms with Crippen LogP contribution in [0.5, 0.6) is 11.5 Å². The standard InChI is InChI=1S/C35H40FN5O5/c1-35(2,3)46-34(44)38-23-12-15-40(19-23)30-26(36)18-24-29-32(30)45-28-17-22-11-7-6-10-21(22)16-27(28)41(29)20-25(31(24)42)33(43)37-13-8-9-14-39(4)5/h6-7,10-11,16-18,20,23H,8-9,12-15,19H2,1-5H3,(H,37,43)(H,38,44)/t23-/m1/s1. The van der Waals surface area contributed by atoms with Crippen molar-refractivity contribution >= 4 is 39.4 Å². The first-order valence-corrected chi connectivity index (χ1v) is 15.7. The van der Waals surface area contributed by atoms with Crippen LogP contribution in [0.4, 0.5) is 14.9 Å². The Bertz CT molecular complexity index is 1900. The molecule has 0 saturated carbocycles. The van der Waals surface area contributed by atoms with Gasteiger partial charge in [-0.1, -0.05) is 24.3 Å². The van der Waals surface area contributed by atoms with E-state index in [2.05, 4.69) is 15.5 Å². The second-order valence-electron chi connectivity index (χ2n) is 13.3. The summed E-state index contributed by atoms with van der Waals surface area (Å²) >= 11 is 0. The van der Waals surface area contributed by atoms with E-state index in [4.69, 9.17) is 9.47 Å². The van der Waals surface area contributed by atoms with Gasteiger partial charge in [-0.15, -0.1) is 0 Å². The van der Waals surface area contributed by atoms with Crippen molar-refractivity contribution in [2.24, 2.45) is 0 Å². The number of unbranched alkanes of at least 4 members (excludes halogenated alkanes) is 1. The van der Waals surface area contributed by atoms with Crippen LogP contribution < -0.4 is 25.7 Å². The van der Waals surface area contributed by atoms with Crippen molar-refractivity contribution in [1.29, 1.82) is 0 Å². The average molecular weight is 630 g/mol. The highest BCUT2D eigenvalue weighted by molar-refractivity contribution is 6.02. The van der Waals surface area contributed by atoms with Crippen LogP contribution in [0.2, 0.25) is 0 Å². The smallest absolute Gasteiger partial charge is 0.407 e. The van der Waals surface area contributed by atoms with Gasteiger partial charge in [-0.2, -0.15) is 0 Å². The number of nitrogens with one attached hydrogen (secondary N) is 2. The van der Waals surface area contributed by atoms with Gasteiger partial charge in [0.15, 0.2) is 17.3 Å². The fourth-order valence-corrected chi connectivity index (χ4v) is 6.15. The Labute approximate surface area is 267 Å². The molecule has 2 aliphatic rings. The molecule has 10 nitrogen and oxygen atoms in total. The molecule has 4 aromatic rings. The lowest BCUT2D eigenvalue weighted by Gasteiger charge is -2.29. The molecule has 0 aliphatic carbocycles. The summed E-state index contributed by atoms with van der Waals surface area (Å²) in [6.45, 7) is 7.46. The molecule has 1 fully saturated rings. The number of halogens is 1. The number of carbonyl (C=O) groups excluding carboxylic acids is 2. The molecule has 6 rings (SSSR count). The zero-order valence-electron chi connectivity index (χ0n) is 26.9. The fraction of sp³-hybridized carbons (Fsp3) is 0.400. The first-order valence-electron chi connectivity index (χ1n) is 15.7. The van der Waals surface area contributed by atoms with Gasteiger partial charge >= 0.3 is 6.09 Å². The maximum atomic E-state index is 16.2. The van der Waals surface area contributed by atoms with E-state index in [1.54, 1.807) is 25.3 Å². The van der Waals surface area contributed by atoms with Gasteiger partial charge in [-0.3, -0.25) is 9.59 Å². The summed E-state index contributed by atoms with van der Waals surface area (Å²) in [6, 6.07) is 12.6. The summed E-state index contributed by atoms with van der Waals surface area (Å²) in [4.78, 5) is 43.5. The number of anilines is 1. The Morgan fingerprint density at radius 2 is 1.85 bits per heavy atom. The lowest BCUT2D eigenvalue weighted by Crippen LogP contribution is -2.40. The molecule has 242 valence electrons. The summed E-state index contributed by atoms with van der Waals surface area (Å²) < 4.78 is 29.9. The van der Waals surface area contributed by atoms with Crippen LogP contribution >= 0.6 is 0 Å². The van der Waals surface area contributed by atoms with E-state index in [0.717, 1.165) is 30.2 Å². The molecule has 0 unspecified atom stereocenters. The third kappa shape index (κ3) is 6.24. The molecular weight excluding hydrogens is 589 g/mol. The van der Waals surface area contributed by atoms with E-state index >= 15 is 4.39 Å². The van der Waals surface area contributed by atoms with Gasteiger partial charge in [0, 0.05) is 25.8 Å². The molecule has 1 atom stereocenters. The Morgan fingerprint density at radius 1 is 1.11 bits per heavy atom. The van der Waals surface area contributed by atoms with E-state index in [1.807, 2.05) is 55.4 Å². The molecule has 11 heteroatoms. The zero-order chi connectivity index (χ0) is 32.7. The highest BCUT2D eigenvalue weighted by Crippen LogP contribution is 2.48. The van der Waals surface area contributed by atoms with Crippen molar-refractivity contribution in [1.82, 2.24) is 20.1 Å². The summed E-state index contributed by atoms with van der Waals surface area (Å²) in [5.41, 5.74) is -0.0565. The number of amides is 2. The predicted molar refractivity (Wildman–Crippen MR) is 177 cm³/mol. The number of alkyl carbamates (subject to hydrolysis) is 1. The summed E-state index contributed by atoms with van der Waals surface area (Å²) in [5, 5.41) is 7.69. The molecule has 3 heterocycles. The highest BCUT2D eigenvalue weighted by Gasteiger charge is 2.34. The maximum Gasteiger partial charge on any atom is 0.407 e. The molecule has 1 aromatic heterocycles. The number of rotatable bonds is 8. The summed E-state index contributed by atoms with van der Waals surface area (Å²) in [6.07, 6.45) is 3.23. The third-order valence-electron chi connectivity index (χ3n) is 8.26. The van der Waals surface area contributed by atoms with E-state index in [0.29, 0.717) is 43.0 Å². The van der Waals surface area contributed by atoms with E-state index < -0.39 is 28.8 Å². The maximum absolute atomic E-state index is 16.2. The largest absolute Gasteiger partial charge is 0.451 e. The second-order valence-corrected chi connectivity index (χ2v) is 13.3. The van der Waals surface area contributed by atoms with Crippen LogP contribution in [0.15, 0.2) is 53.5 Å². The van der Waals surface area contributed by atoms with Crippen LogP contribution in [0, 0.1) is 5.82 Å². The first kappa shape index (κ1) is 31.3. The van der Waals surface area contributed by atoms with E-state index in [-0.39, 0.29) is 28.4 Å². The Kier molecular flexibility index (Phi) is 8.37. The monoisotopic (exact) mass is 629 g/mol. The van der Waals surface area contributed by atoms with E-state index in [9.17, 15) is 14.4 Å². The minimum absolute atomic E-state index is 0.0537. The van der Waals surface area contributed by atoms with Crippen LogP contribution in [0.25, 0.3) is 27.4 Å². The number of pyridine rings is 1. The van der Waals surface area contributed by atoms with Crippen molar-refractivity contribution in [3.8, 4) is 17.2 Å². The van der Waals surface area contributed by atoms with Gasteiger partial charge in [0.25, 0.3) is 5.91 Å². The van der Waals surface area contributed by atoms with Crippen LogP contribution in [0.1, 0.15) is 50.4 Å². The van der Waals surface area contributed by atoms with Crippen LogP contribution in [-0.2, 0) is 4.74 Å². The molecular formula is C35H40FN5O5. The molecule has 0 radical (unpaired) electrons. The SMILES string of the molecule is CN(C)CCCCNC(=O)c1cn2c3c(c(N4CC[C@@H](NC(=O)OC(C)(C)C)C4)c(F)cc3c1=O)Oc1cc3ccccc3cc1-2. The molecule has 1 saturated heterocycles. The Morgan fingerprint density at radius 3 is 2.57 bits per heavy atom. The van der Waals surface area contributed by atoms with Gasteiger partial charge in [-0.25, -0.2) is 9.18 Å². The van der Waals surface area contributed by atoms with Gasteiger partial charge < -0.3 is 34.5 Å². The molecule has 2 aliphatic heterocycles. The van der Waals surface area contributed by atoms with Gasteiger partial charge in [-0.05, 0) is 89.6 Å². The molecule has 3 aromatic carbocycles. The van der Waals surface area contributed by atoms with Crippen molar-refractivity contribution < 1.29 is 23.5 Å². The third-order valence-corrected chi connectivity index (χ3v) is 8.26. The number of aromatic nitrogens is 1. The summed E-state index contributed by atoms with van der Waals surface area (Å²) in [5.74, 6) is -0.477. The first-order chi connectivity index (χ1) is 21.9. The van der Waals surface area contributed by atoms with Gasteiger partial charge in [0.05, 0.1) is 17.1 Å². The number of carbonyl (C=O) groups is 2. The number of nitrogens with zero attached hydrogens (tertiary/aromatic N) is 3. The van der Waals surface area contributed by atoms with Crippen molar-refractivity contribution in [3.63, 3.8) is 0 Å². The normalized spacial score (nSPS) is 15.6. The minimum atomic E-state index is -0.645. The molecule has 2 N–H and O–H groups in total. The Balaban J connectivity index is 1.41. The van der Waals surface area contributed by atoms with Gasteiger partial charge in [0.2, 0.25) is 5.43 Å². The minimum Gasteiger partial charge on any atom is -0.451 e. The number of ether oxygens (including phenoxy) is 2. The molecule has 2 amide bonds. The van der Waals surface area contributed by atoms with Crippen LogP contribution in [-0.4, -0.2) is 73.4 Å². The fourth-order valence-electron chi connectivity index (χ4n) is 6.15.